The molecule has 1 aromatic carbocycles. The van der Waals surface area contributed by atoms with Crippen LogP contribution in [-0.4, -0.2) is 11.1 Å². The Labute approximate surface area is 118 Å². The van der Waals surface area contributed by atoms with Gasteiger partial charge in [-0.25, -0.2) is 0 Å². The van der Waals surface area contributed by atoms with E-state index >= 15 is 0 Å². The molecule has 0 spiro atoms. The molecule has 1 aliphatic rings. The molecule has 1 aliphatic carbocycles. The van der Waals surface area contributed by atoms with E-state index in [0.29, 0.717) is 12.2 Å². The van der Waals surface area contributed by atoms with Crippen LogP contribution in [0.25, 0.3) is 0 Å². The van der Waals surface area contributed by atoms with Gasteiger partial charge in [-0.15, -0.1) is 12.6 Å². The molecule has 0 N–H and O–H groups in total. The second kappa shape index (κ2) is 5.37. The lowest BCUT2D eigenvalue weighted by Crippen LogP contribution is -2.22. The summed E-state index contributed by atoms with van der Waals surface area (Å²) >= 11 is 3.84. The van der Waals surface area contributed by atoms with Crippen LogP contribution >= 0.6 is 12.6 Å². The van der Waals surface area contributed by atoms with Crippen LogP contribution in [-0.2, 0) is 15.0 Å². The first-order chi connectivity index (χ1) is 8.90. The molecule has 0 radical (unpaired) electrons. The number of ether oxygens (including phenoxy) is 1. The Kier molecular flexibility index (Phi) is 3.99. The highest BCUT2D eigenvalue weighted by molar-refractivity contribution is 7.96. The smallest absolute Gasteiger partial charge is 0.314 e. The highest BCUT2D eigenvalue weighted by Gasteiger charge is 2.33. The molecule has 0 aromatic heterocycles. The Balaban J connectivity index is 2.24. The fourth-order valence-corrected chi connectivity index (χ4v) is 2.49. The van der Waals surface area contributed by atoms with Gasteiger partial charge in [0.25, 0.3) is 0 Å². The van der Waals surface area contributed by atoms with Crippen molar-refractivity contribution in [3.8, 4) is 5.75 Å². The molecule has 102 valence electrons. The average molecular weight is 278 g/mol. The van der Waals surface area contributed by atoms with Gasteiger partial charge in [-0.2, -0.15) is 0 Å². The molecule has 3 nitrogen and oxygen atoms in total. The summed E-state index contributed by atoms with van der Waals surface area (Å²) in [5, 5.41) is -0.173. The van der Waals surface area contributed by atoms with Crippen LogP contribution in [0.1, 0.15) is 38.7 Å². The second-order valence-corrected chi connectivity index (χ2v) is 6.14. The van der Waals surface area contributed by atoms with Crippen LogP contribution in [0.4, 0.5) is 0 Å². The van der Waals surface area contributed by atoms with Gasteiger partial charge in [0.05, 0.1) is 5.92 Å². The summed E-state index contributed by atoms with van der Waals surface area (Å²) in [6.07, 6.45) is 2.13. The third-order valence-corrected chi connectivity index (χ3v) is 3.49. The van der Waals surface area contributed by atoms with Crippen molar-refractivity contribution in [3.63, 3.8) is 0 Å². The lowest BCUT2D eigenvalue weighted by Gasteiger charge is -2.25. The Morgan fingerprint density at radius 1 is 1.32 bits per heavy atom. The molecule has 4 heteroatoms. The van der Waals surface area contributed by atoms with Gasteiger partial charge in [-0.05, 0) is 18.9 Å². The van der Waals surface area contributed by atoms with Crippen LogP contribution < -0.4 is 4.74 Å². The van der Waals surface area contributed by atoms with E-state index in [0.717, 1.165) is 18.4 Å². The zero-order valence-corrected chi connectivity index (χ0v) is 12.1. The third-order valence-electron chi connectivity index (χ3n) is 3.33. The quantitative estimate of drug-likeness (QED) is 0.511. The van der Waals surface area contributed by atoms with Crippen LogP contribution in [0.15, 0.2) is 24.3 Å². The average Bonchev–Trinajstić information content (AvgIpc) is 3.11. The summed E-state index contributed by atoms with van der Waals surface area (Å²) in [5.41, 5.74) is 0.464. The van der Waals surface area contributed by atoms with Gasteiger partial charge in [-0.3, -0.25) is 9.59 Å². The second-order valence-electron chi connectivity index (χ2n) is 5.65. The molecule has 0 aliphatic heterocycles. The van der Waals surface area contributed by atoms with Crippen molar-refractivity contribution in [3.05, 3.63) is 29.8 Å². The number of para-hydroxylation sites is 1. The van der Waals surface area contributed by atoms with Crippen molar-refractivity contribution in [2.45, 2.75) is 38.5 Å². The van der Waals surface area contributed by atoms with Crippen molar-refractivity contribution < 1.29 is 14.3 Å². The standard InChI is InChI=1S/C15H18O3S/c1-15(2,9-13(16)19)11-5-3-4-6-12(11)18-14(17)10-7-8-10/h3-6,10H,7-9H2,1-2H3,(H,16,19). The fraction of sp³-hybridized carbons (Fsp3) is 0.467. The number of esters is 1. The number of thiol groups is 1. The Hall–Kier alpha value is -1.29. The number of carbonyl (C=O) groups excluding carboxylic acids is 2. The van der Waals surface area contributed by atoms with Crippen LogP contribution in [0.2, 0.25) is 0 Å². The van der Waals surface area contributed by atoms with Gasteiger partial charge >= 0.3 is 5.97 Å². The highest BCUT2D eigenvalue weighted by Crippen LogP contribution is 2.37. The Morgan fingerprint density at radius 2 is 1.95 bits per heavy atom. The number of hydrogen-bond donors (Lipinski definition) is 1. The first-order valence-corrected chi connectivity index (χ1v) is 6.88. The van der Waals surface area contributed by atoms with E-state index in [1.165, 1.54) is 0 Å². The molecule has 1 aromatic rings. The van der Waals surface area contributed by atoms with E-state index in [1.807, 2.05) is 32.0 Å². The van der Waals surface area contributed by atoms with Gasteiger partial charge in [-0.1, -0.05) is 32.0 Å². The number of benzene rings is 1. The first kappa shape index (κ1) is 14.1. The molecule has 0 bridgehead atoms. The molecular weight excluding hydrogens is 260 g/mol. The zero-order chi connectivity index (χ0) is 14.0. The molecule has 19 heavy (non-hydrogen) atoms. The van der Waals surface area contributed by atoms with E-state index in [4.69, 9.17) is 4.74 Å². The van der Waals surface area contributed by atoms with Crippen molar-refractivity contribution in [2.24, 2.45) is 5.92 Å². The van der Waals surface area contributed by atoms with Gasteiger partial charge in [0.1, 0.15) is 5.75 Å². The van der Waals surface area contributed by atoms with Gasteiger partial charge in [0.15, 0.2) is 5.12 Å². The molecular formula is C15H18O3S. The largest absolute Gasteiger partial charge is 0.426 e. The van der Waals surface area contributed by atoms with Gasteiger partial charge in [0, 0.05) is 17.4 Å². The van der Waals surface area contributed by atoms with E-state index in [-0.39, 0.29) is 17.0 Å². The topological polar surface area (TPSA) is 43.4 Å². The summed E-state index contributed by atoms with van der Waals surface area (Å²) in [5.74, 6) is 0.446. The summed E-state index contributed by atoms with van der Waals surface area (Å²) in [6.45, 7) is 3.90. The molecule has 1 fully saturated rings. The molecule has 1 saturated carbocycles. The fourth-order valence-electron chi connectivity index (χ4n) is 2.10. The molecule has 0 amide bonds. The lowest BCUT2D eigenvalue weighted by molar-refractivity contribution is -0.135. The molecule has 0 heterocycles. The van der Waals surface area contributed by atoms with Crippen molar-refractivity contribution in [2.75, 3.05) is 0 Å². The predicted molar refractivity (Wildman–Crippen MR) is 76.4 cm³/mol. The Bertz CT molecular complexity index is 504. The summed E-state index contributed by atoms with van der Waals surface area (Å²) < 4.78 is 5.46. The van der Waals surface area contributed by atoms with Gasteiger partial charge < -0.3 is 4.74 Å². The number of hydrogen-bond acceptors (Lipinski definition) is 3. The predicted octanol–water partition coefficient (Wildman–Crippen LogP) is 3.13. The van der Waals surface area contributed by atoms with E-state index in [9.17, 15) is 9.59 Å². The van der Waals surface area contributed by atoms with Crippen LogP contribution in [0, 0.1) is 5.92 Å². The maximum atomic E-state index is 11.8. The SMILES string of the molecule is CC(C)(CC(=O)S)c1ccccc1OC(=O)C1CC1. The summed E-state index contributed by atoms with van der Waals surface area (Å²) in [4.78, 5) is 23.0. The van der Waals surface area contributed by atoms with Crippen molar-refractivity contribution in [1.29, 1.82) is 0 Å². The molecule has 0 saturated heterocycles. The van der Waals surface area contributed by atoms with E-state index in [2.05, 4.69) is 12.6 Å². The zero-order valence-electron chi connectivity index (χ0n) is 11.2. The minimum atomic E-state index is -0.404. The van der Waals surface area contributed by atoms with Gasteiger partial charge in [0.2, 0.25) is 0 Å². The lowest BCUT2D eigenvalue weighted by atomic mass is 9.81. The highest BCUT2D eigenvalue weighted by atomic mass is 32.1. The Morgan fingerprint density at radius 3 is 2.53 bits per heavy atom. The monoisotopic (exact) mass is 278 g/mol. The van der Waals surface area contributed by atoms with E-state index in [1.54, 1.807) is 6.07 Å². The number of carbonyl (C=O) groups is 2. The maximum Gasteiger partial charge on any atom is 0.314 e. The first-order valence-electron chi connectivity index (χ1n) is 6.43. The molecule has 0 unspecified atom stereocenters. The minimum absolute atomic E-state index is 0.0580. The molecule has 0 atom stereocenters. The maximum absolute atomic E-state index is 11.8. The van der Waals surface area contributed by atoms with Crippen molar-refractivity contribution in [1.82, 2.24) is 0 Å². The minimum Gasteiger partial charge on any atom is -0.426 e. The van der Waals surface area contributed by atoms with Crippen LogP contribution in [0.5, 0.6) is 5.75 Å². The normalized spacial score (nSPS) is 15.1. The van der Waals surface area contributed by atoms with Crippen molar-refractivity contribution >= 4 is 23.7 Å². The van der Waals surface area contributed by atoms with E-state index < -0.39 is 5.41 Å². The number of rotatable bonds is 5. The van der Waals surface area contributed by atoms with Crippen LogP contribution in [0.3, 0.4) is 0 Å². The molecule has 2 rings (SSSR count). The summed E-state index contributed by atoms with van der Waals surface area (Å²) in [6, 6.07) is 7.39. The summed E-state index contributed by atoms with van der Waals surface area (Å²) in [7, 11) is 0. The third kappa shape index (κ3) is 3.60.